The molecule has 1 aliphatic heterocycles. The third kappa shape index (κ3) is 2.83. The Morgan fingerprint density at radius 2 is 2.50 bits per heavy atom. The second-order valence-electron chi connectivity index (χ2n) is 4.78. The lowest BCUT2D eigenvalue weighted by Gasteiger charge is -2.24. The van der Waals surface area contributed by atoms with Crippen molar-refractivity contribution in [1.82, 2.24) is 20.6 Å². The predicted octanol–water partition coefficient (Wildman–Crippen LogP) is 1.06. The molecule has 4 heteroatoms. The second-order valence-corrected chi connectivity index (χ2v) is 4.78. The predicted molar refractivity (Wildman–Crippen MR) is 65.2 cm³/mol. The molecule has 16 heavy (non-hydrogen) atoms. The van der Waals surface area contributed by atoms with Gasteiger partial charge in [0.15, 0.2) is 0 Å². The average Bonchev–Trinajstić information content (AvgIpc) is 2.76. The van der Waals surface area contributed by atoms with Crippen LogP contribution in [0.1, 0.15) is 31.7 Å². The molecule has 0 amide bonds. The number of H-pyrrole nitrogens is 1. The molecule has 2 rings (SSSR count). The van der Waals surface area contributed by atoms with E-state index in [4.69, 9.17) is 0 Å². The largest absolute Gasteiger partial charge is 0.347 e. The first-order chi connectivity index (χ1) is 7.79. The smallest absolute Gasteiger partial charge is 0.0925 e. The number of rotatable bonds is 5. The molecule has 0 aliphatic carbocycles. The summed E-state index contributed by atoms with van der Waals surface area (Å²) in [7, 11) is 0. The van der Waals surface area contributed by atoms with Gasteiger partial charge in [0.2, 0.25) is 0 Å². The van der Waals surface area contributed by atoms with E-state index in [9.17, 15) is 0 Å². The fourth-order valence-electron chi connectivity index (χ4n) is 2.02. The van der Waals surface area contributed by atoms with Gasteiger partial charge >= 0.3 is 0 Å². The molecule has 0 fully saturated rings. The number of fused-ring (bicyclic) bond motifs is 1. The third-order valence-corrected chi connectivity index (χ3v) is 3.40. The van der Waals surface area contributed by atoms with Crippen LogP contribution in [0.2, 0.25) is 0 Å². The lowest BCUT2D eigenvalue weighted by molar-refractivity contribution is 0.416. The van der Waals surface area contributed by atoms with Crippen LogP contribution in [0, 0.1) is 5.92 Å². The standard InChI is InChI=1S/C12H22N4/c1-3-9(2)5-13-6-10-4-11-12(7-14-10)16-8-15-11/h8-10,13-14H,3-7H2,1-2H3,(H,15,16). The highest BCUT2D eigenvalue weighted by atomic mass is 15.0. The van der Waals surface area contributed by atoms with Crippen molar-refractivity contribution in [1.29, 1.82) is 0 Å². The molecule has 0 spiro atoms. The number of imidazole rings is 1. The van der Waals surface area contributed by atoms with Crippen LogP contribution < -0.4 is 10.6 Å². The summed E-state index contributed by atoms with van der Waals surface area (Å²) >= 11 is 0. The quantitative estimate of drug-likeness (QED) is 0.698. The van der Waals surface area contributed by atoms with Crippen molar-refractivity contribution >= 4 is 0 Å². The van der Waals surface area contributed by atoms with Crippen molar-refractivity contribution in [3.8, 4) is 0 Å². The van der Waals surface area contributed by atoms with E-state index in [1.807, 2.05) is 0 Å². The normalized spacial score (nSPS) is 21.8. The summed E-state index contributed by atoms with van der Waals surface area (Å²) in [5.74, 6) is 0.768. The number of aromatic nitrogens is 2. The minimum atomic E-state index is 0.528. The Morgan fingerprint density at radius 1 is 1.62 bits per heavy atom. The Morgan fingerprint density at radius 3 is 3.31 bits per heavy atom. The van der Waals surface area contributed by atoms with E-state index < -0.39 is 0 Å². The van der Waals surface area contributed by atoms with Crippen molar-refractivity contribution in [2.24, 2.45) is 5.92 Å². The van der Waals surface area contributed by atoms with E-state index in [0.717, 1.165) is 32.0 Å². The van der Waals surface area contributed by atoms with Gasteiger partial charge in [-0.1, -0.05) is 20.3 Å². The Bertz CT molecular complexity index is 321. The van der Waals surface area contributed by atoms with Crippen LogP contribution >= 0.6 is 0 Å². The van der Waals surface area contributed by atoms with Gasteiger partial charge in [0, 0.05) is 25.6 Å². The van der Waals surface area contributed by atoms with E-state index in [1.165, 1.54) is 17.8 Å². The van der Waals surface area contributed by atoms with E-state index in [1.54, 1.807) is 6.33 Å². The van der Waals surface area contributed by atoms with Crippen LogP contribution in [0.4, 0.5) is 0 Å². The van der Waals surface area contributed by atoms with Crippen LogP contribution in [0.3, 0.4) is 0 Å². The molecule has 1 aromatic rings. The van der Waals surface area contributed by atoms with Gasteiger partial charge < -0.3 is 15.6 Å². The minimum absolute atomic E-state index is 0.528. The van der Waals surface area contributed by atoms with E-state index in [-0.39, 0.29) is 0 Å². The molecule has 0 saturated carbocycles. The number of hydrogen-bond acceptors (Lipinski definition) is 3. The molecule has 4 nitrogen and oxygen atoms in total. The molecular weight excluding hydrogens is 200 g/mol. The first-order valence-electron chi connectivity index (χ1n) is 6.24. The van der Waals surface area contributed by atoms with E-state index >= 15 is 0 Å². The highest BCUT2D eigenvalue weighted by Crippen LogP contribution is 2.11. The Balaban J connectivity index is 1.73. The summed E-state index contributed by atoms with van der Waals surface area (Å²) in [5, 5.41) is 7.05. The lowest BCUT2D eigenvalue weighted by atomic mass is 10.0. The van der Waals surface area contributed by atoms with Crippen LogP contribution in [0.15, 0.2) is 6.33 Å². The van der Waals surface area contributed by atoms with Gasteiger partial charge in [-0.2, -0.15) is 0 Å². The number of nitrogens with zero attached hydrogens (tertiary/aromatic N) is 1. The van der Waals surface area contributed by atoms with Gasteiger partial charge in [0.05, 0.1) is 17.7 Å². The van der Waals surface area contributed by atoms with Crippen LogP contribution in [0.5, 0.6) is 0 Å². The molecule has 3 N–H and O–H groups in total. The van der Waals surface area contributed by atoms with Crippen molar-refractivity contribution < 1.29 is 0 Å². The molecule has 0 aromatic carbocycles. The van der Waals surface area contributed by atoms with Crippen molar-refractivity contribution in [3.05, 3.63) is 17.7 Å². The third-order valence-electron chi connectivity index (χ3n) is 3.40. The summed E-state index contributed by atoms with van der Waals surface area (Å²) in [6.45, 7) is 7.60. The van der Waals surface area contributed by atoms with E-state index in [0.29, 0.717) is 6.04 Å². The highest BCUT2D eigenvalue weighted by molar-refractivity contribution is 5.15. The molecule has 2 heterocycles. The zero-order valence-electron chi connectivity index (χ0n) is 10.2. The number of hydrogen-bond donors (Lipinski definition) is 3. The zero-order chi connectivity index (χ0) is 11.4. The molecule has 0 bridgehead atoms. The van der Waals surface area contributed by atoms with Crippen molar-refractivity contribution in [3.63, 3.8) is 0 Å². The minimum Gasteiger partial charge on any atom is -0.347 e. The van der Waals surface area contributed by atoms with Crippen LogP contribution in [0.25, 0.3) is 0 Å². The second kappa shape index (κ2) is 5.46. The molecule has 2 unspecified atom stereocenters. The number of nitrogens with one attached hydrogen (secondary N) is 3. The monoisotopic (exact) mass is 222 g/mol. The van der Waals surface area contributed by atoms with Crippen molar-refractivity contribution in [2.75, 3.05) is 13.1 Å². The SMILES string of the molecule is CCC(C)CNCC1Cc2nc[nH]c2CN1. The summed E-state index contributed by atoms with van der Waals surface area (Å²) < 4.78 is 0. The maximum absolute atomic E-state index is 4.34. The summed E-state index contributed by atoms with van der Waals surface area (Å²) in [4.78, 5) is 7.51. The van der Waals surface area contributed by atoms with Crippen molar-refractivity contribution in [2.45, 2.75) is 39.3 Å². The van der Waals surface area contributed by atoms with Crippen LogP contribution in [-0.4, -0.2) is 29.1 Å². The van der Waals surface area contributed by atoms with Gasteiger partial charge in [-0.15, -0.1) is 0 Å². The highest BCUT2D eigenvalue weighted by Gasteiger charge is 2.19. The van der Waals surface area contributed by atoms with Gasteiger partial charge in [0.25, 0.3) is 0 Å². The Labute approximate surface area is 97.2 Å². The zero-order valence-corrected chi connectivity index (χ0v) is 10.2. The van der Waals surface area contributed by atoms with Gasteiger partial charge in [-0.3, -0.25) is 0 Å². The molecule has 2 atom stereocenters. The molecular formula is C12H22N4. The van der Waals surface area contributed by atoms with Gasteiger partial charge in [-0.25, -0.2) is 4.98 Å². The average molecular weight is 222 g/mol. The summed E-state index contributed by atoms with van der Waals surface area (Å²) in [6.07, 6.45) is 4.07. The molecule has 0 radical (unpaired) electrons. The maximum Gasteiger partial charge on any atom is 0.0925 e. The molecule has 90 valence electrons. The van der Waals surface area contributed by atoms with Gasteiger partial charge in [-0.05, 0) is 12.5 Å². The Hall–Kier alpha value is -0.870. The van der Waals surface area contributed by atoms with E-state index in [2.05, 4.69) is 34.4 Å². The number of aromatic amines is 1. The van der Waals surface area contributed by atoms with Crippen LogP contribution in [-0.2, 0) is 13.0 Å². The lowest BCUT2D eigenvalue weighted by Crippen LogP contribution is -2.43. The maximum atomic E-state index is 4.34. The molecule has 0 saturated heterocycles. The molecule has 1 aromatic heterocycles. The Kier molecular flexibility index (Phi) is 3.96. The first-order valence-corrected chi connectivity index (χ1v) is 6.24. The topological polar surface area (TPSA) is 52.7 Å². The summed E-state index contributed by atoms with van der Waals surface area (Å²) in [6, 6.07) is 0.528. The van der Waals surface area contributed by atoms with Gasteiger partial charge in [0.1, 0.15) is 0 Å². The fraction of sp³-hybridized carbons (Fsp3) is 0.750. The first kappa shape index (κ1) is 11.6. The fourth-order valence-corrected chi connectivity index (χ4v) is 2.02. The molecule has 1 aliphatic rings. The summed E-state index contributed by atoms with van der Waals surface area (Å²) in [5.41, 5.74) is 2.48.